The van der Waals surface area contributed by atoms with Gasteiger partial charge in [0.05, 0.1) is 5.69 Å². The first-order chi connectivity index (χ1) is 8.62. The van der Waals surface area contributed by atoms with Gasteiger partial charge in [-0.05, 0) is 19.3 Å². The first-order valence-corrected chi connectivity index (χ1v) is 6.95. The van der Waals surface area contributed by atoms with Gasteiger partial charge in [-0.3, -0.25) is 0 Å². The Balaban J connectivity index is 2.79. The summed E-state index contributed by atoms with van der Waals surface area (Å²) in [5, 5.41) is 3.07. The summed E-state index contributed by atoms with van der Waals surface area (Å²) in [4.78, 5) is 7.86. The van der Waals surface area contributed by atoms with Crippen LogP contribution < -0.4 is 5.32 Å². The average Bonchev–Trinajstić information content (AvgIpc) is 2.42. The summed E-state index contributed by atoms with van der Waals surface area (Å²) >= 11 is 6.02. The van der Waals surface area contributed by atoms with E-state index >= 15 is 0 Å². The summed E-state index contributed by atoms with van der Waals surface area (Å²) in [5.74, 6) is 0.481. The van der Waals surface area contributed by atoms with Gasteiger partial charge in [-0.2, -0.15) is 0 Å². The average molecular weight is 274 g/mol. The van der Waals surface area contributed by atoms with E-state index in [1.165, 1.54) is 6.33 Å². The number of aromatic nitrogens is 2. The topological polar surface area (TPSA) is 37.8 Å². The first kappa shape index (κ1) is 15.2. The van der Waals surface area contributed by atoms with Gasteiger partial charge in [0.2, 0.25) is 0 Å². The number of anilines is 1. The third kappa shape index (κ3) is 3.31. The van der Waals surface area contributed by atoms with Crippen LogP contribution in [0.5, 0.6) is 0 Å². The van der Waals surface area contributed by atoms with Crippen molar-refractivity contribution in [2.45, 2.75) is 40.0 Å². The fraction of sp³-hybridized carbons (Fsp3) is 0.692. The van der Waals surface area contributed by atoms with Crippen LogP contribution in [-0.4, -0.2) is 22.4 Å². The fourth-order valence-electron chi connectivity index (χ4n) is 1.78. The third-order valence-electron chi connectivity index (χ3n) is 3.61. The van der Waals surface area contributed by atoms with Crippen molar-refractivity contribution >= 4 is 17.4 Å². The van der Waals surface area contributed by atoms with Gasteiger partial charge in [-0.25, -0.2) is 14.4 Å². The third-order valence-corrected chi connectivity index (χ3v) is 4.18. The van der Waals surface area contributed by atoms with E-state index in [9.17, 15) is 4.39 Å². The molecule has 1 aromatic heterocycles. The number of nitrogens with one attached hydrogen (secondary N) is 1. The molecule has 18 heavy (non-hydrogen) atoms. The molecule has 5 heteroatoms. The van der Waals surface area contributed by atoms with Crippen LogP contribution >= 0.6 is 11.6 Å². The van der Waals surface area contributed by atoms with Crippen LogP contribution in [0.15, 0.2) is 6.33 Å². The van der Waals surface area contributed by atoms with Gasteiger partial charge in [0, 0.05) is 17.8 Å². The molecule has 0 fully saturated rings. The van der Waals surface area contributed by atoms with E-state index < -0.39 is 0 Å². The number of nitrogens with zero attached hydrogens (tertiary/aromatic N) is 2. The lowest BCUT2D eigenvalue weighted by atomic mass is 9.84. The highest BCUT2D eigenvalue weighted by molar-refractivity contribution is 6.18. The van der Waals surface area contributed by atoms with Crippen LogP contribution in [0.3, 0.4) is 0 Å². The molecule has 1 rings (SSSR count). The van der Waals surface area contributed by atoms with Gasteiger partial charge in [0.25, 0.3) is 0 Å². The van der Waals surface area contributed by atoms with E-state index in [0.29, 0.717) is 24.5 Å². The molecule has 0 radical (unpaired) electrons. The molecule has 1 N–H and O–H groups in total. The molecule has 1 aromatic rings. The van der Waals surface area contributed by atoms with E-state index in [4.69, 9.17) is 11.6 Å². The maximum atomic E-state index is 13.9. The zero-order valence-electron chi connectivity index (χ0n) is 11.3. The Morgan fingerprint density at radius 1 is 1.28 bits per heavy atom. The van der Waals surface area contributed by atoms with Gasteiger partial charge in [0.1, 0.15) is 6.33 Å². The molecular weight excluding hydrogens is 253 g/mol. The molecular formula is C13H21ClFN3. The maximum Gasteiger partial charge on any atom is 0.186 e. The lowest BCUT2D eigenvalue weighted by molar-refractivity contribution is 0.326. The van der Waals surface area contributed by atoms with Gasteiger partial charge in [0.15, 0.2) is 11.6 Å². The summed E-state index contributed by atoms with van der Waals surface area (Å²) in [6.45, 7) is 6.69. The number of alkyl halides is 1. The normalized spacial score (nSPS) is 11.6. The Labute approximate surface area is 113 Å². The summed E-state index contributed by atoms with van der Waals surface area (Å²) < 4.78 is 13.9. The molecule has 1 heterocycles. The number of aryl methyl sites for hydroxylation is 1. The summed E-state index contributed by atoms with van der Waals surface area (Å²) in [7, 11) is 0. The van der Waals surface area contributed by atoms with Crippen LogP contribution in [0.25, 0.3) is 0 Å². The highest BCUT2D eigenvalue weighted by atomic mass is 35.5. The van der Waals surface area contributed by atoms with E-state index in [1.807, 2.05) is 6.92 Å². The van der Waals surface area contributed by atoms with Crippen molar-refractivity contribution in [3.63, 3.8) is 0 Å². The quantitative estimate of drug-likeness (QED) is 0.771. The second kappa shape index (κ2) is 6.88. The van der Waals surface area contributed by atoms with Crippen molar-refractivity contribution in [2.24, 2.45) is 5.41 Å². The molecule has 0 bridgehead atoms. The van der Waals surface area contributed by atoms with E-state index in [0.717, 1.165) is 12.8 Å². The predicted molar refractivity (Wildman–Crippen MR) is 73.6 cm³/mol. The van der Waals surface area contributed by atoms with Crippen molar-refractivity contribution in [3.05, 3.63) is 17.8 Å². The number of hydrogen-bond acceptors (Lipinski definition) is 3. The monoisotopic (exact) mass is 273 g/mol. The maximum absolute atomic E-state index is 13.9. The highest BCUT2D eigenvalue weighted by Crippen LogP contribution is 2.28. The largest absolute Gasteiger partial charge is 0.367 e. The van der Waals surface area contributed by atoms with Crippen LogP contribution in [-0.2, 0) is 6.42 Å². The van der Waals surface area contributed by atoms with Gasteiger partial charge >= 0.3 is 0 Å². The van der Waals surface area contributed by atoms with Gasteiger partial charge in [-0.1, -0.05) is 20.8 Å². The minimum atomic E-state index is -0.351. The molecule has 0 aliphatic rings. The second-order valence-corrected chi connectivity index (χ2v) is 4.80. The fourth-order valence-corrected chi connectivity index (χ4v) is 2.26. The molecule has 0 aromatic carbocycles. The zero-order chi connectivity index (χ0) is 13.6. The molecule has 0 aliphatic heterocycles. The SMILES string of the molecule is CCc1ncnc(NCC(CC)(CC)CCl)c1F. The molecule has 0 saturated carbocycles. The number of halogens is 2. The van der Waals surface area contributed by atoms with Crippen molar-refractivity contribution < 1.29 is 4.39 Å². The number of rotatable bonds is 7. The second-order valence-electron chi connectivity index (χ2n) is 4.53. The van der Waals surface area contributed by atoms with Crippen molar-refractivity contribution in [2.75, 3.05) is 17.7 Å². The zero-order valence-corrected chi connectivity index (χ0v) is 12.0. The standard InChI is InChI=1S/C13H21ClFN3/c1-4-10-11(15)12(18-9-17-10)16-8-13(5-2,6-3)7-14/h9H,4-8H2,1-3H3,(H,16,17,18). The predicted octanol–water partition coefficient (Wildman–Crippen LogP) is 3.64. The van der Waals surface area contributed by atoms with Crippen LogP contribution in [0.1, 0.15) is 39.3 Å². The molecule has 0 unspecified atom stereocenters. The van der Waals surface area contributed by atoms with Crippen LogP contribution in [0.2, 0.25) is 0 Å². The molecule has 0 spiro atoms. The van der Waals surface area contributed by atoms with Crippen molar-refractivity contribution in [3.8, 4) is 0 Å². The lowest BCUT2D eigenvalue weighted by Crippen LogP contribution is -2.31. The Morgan fingerprint density at radius 2 is 1.94 bits per heavy atom. The van der Waals surface area contributed by atoms with E-state index in [1.54, 1.807) is 0 Å². The minimum Gasteiger partial charge on any atom is -0.367 e. The Hall–Kier alpha value is -0.900. The van der Waals surface area contributed by atoms with E-state index in [2.05, 4.69) is 29.1 Å². The van der Waals surface area contributed by atoms with Gasteiger partial charge < -0.3 is 5.32 Å². The summed E-state index contributed by atoms with van der Waals surface area (Å²) in [5.41, 5.74) is 0.433. The van der Waals surface area contributed by atoms with Crippen LogP contribution in [0.4, 0.5) is 10.2 Å². The molecule has 0 amide bonds. The Bertz CT molecular complexity index is 372. The lowest BCUT2D eigenvalue weighted by Gasteiger charge is -2.29. The number of hydrogen-bond donors (Lipinski definition) is 1. The van der Waals surface area contributed by atoms with E-state index in [-0.39, 0.29) is 17.1 Å². The van der Waals surface area contributed by atoms with Crippen molar-refractivity contribution in [1.29, 1.82) is 0 Å². The minimum absolute atomic E-state index is 0.00861. The molecule has 0 atom stereocenters. The van der Waals surface area contributed by atoms with Gasteiger partial charge in [-0.15, -0.1) is 11.6 Å². The molecule has 3 nitrogen and oxygen atoms in total. The Morgan fingerprint density at radius 3 is 2.44 bits per heavy atom. The summed E-state index contributed by atoms with van der Waals surface area (Å²) in [6, 6.07) is 0. The molecule has 0 saturated heterocycles. The Kier molecular flexibility index (Phi) is 5.79. The smallest absolute Gasteiger partial charge is 0.186 e. The first-order valence-electron chi connectivity index (χ1n) is 6.41. The molecule has 102 valence electrons. The summed E-state index contributed by atoms with van der Waals surface area (Å²) in [6.07, 6.45) is 3.86. The van der Waals surface area contributed by atoms with Crippen molar-refractivity contribution in [1.82, 2.24) is 9.97 Å². The highest BCUT2D eigenvalue weighted by Gasteiger charge is 2.25. The molecule has 0 aliphatic carbocycles. The van der Waals surface area contributed by atoms with Crippen LogP contribution in [0, 0.1) is 11.2 Å².